The van der Waals surface area contributed by atoms with Crippen molar-refractivity contribution in [2.24, 2.45) is 5.92 Å². The van der Waals surface area contributed by atoms with Crippen molar-refractivity contribution in [3.8, 4) is 11.5 Å². The molecule has 13 aromatic rings. The Balaban J connectivity index is 0.839. The Hall–Kier alpha value is -12.1. The highest BCUT2D eigenvalue weighted by Gasteiger charge is 2.82. The van der Waals surface area contributed by atoms with Crippen molar-refractivity contribution in [1.29, 1.82) is 0 Å². The molecular formula is C81H50N4O20-4. The second-order valence-corrected chi connectivity index (χ2v) is 29.9. The first-order valence-electron chi connectivity index (χ1n) is 34.8. The van der Waals surface area contributed by atoms with Crippen LogP contribution in [0.3, 0.4) is 0 Å². The third kappa shape index (κ3) is 6.70. The molecule has 7 aliphatic carbocycles. The second kappa shape index (κ2) is 19.2. The van der Waals surface area contributed by atoms with Gasteiger partial charge in [-0.05, 0) is 194 Å². The molecule has 24 heteroatoms. The molecule has 7 atom stereocenters. The Kier molecular flexibility index (Phi) is 11.1. The number of nitrogens with zero attached hydrogens (tertiary/aromatic N) is 2. The summed E-state index contributed by atoms with van der Waals surface area (Å²) in [7, 11) is 0. The predicted octanol–water partition coefficient (Wildman–Crippen LogP) is 3.33. The molecule has 0 saturated carbocycles. The number of amides is 2. The standard InChI is InChI=1S/C81H54N4O20/c86-44(87)24-84(25-45(88)89)42(75(98)99)10-1-3-15-82-73(96)36-20-29-17-31-23-78-14-6-9-41-54(77(102)103)38-22-40-60-63-58(38)66(79(41,78)104-78)51(31)61-48(29)55-35(36)19-30-21-37-53(74(97)83-16-4-2-11-43(76(100)101)85(26-46(90)91)27-47(92)93)32-7-5-8-33-52(32)62-57(37)68-50(30)64(55)70(65(61)63)81-69(60)56-34(72(40)95)13-12-28-18-39(71(33)94)59(62)67(49(28)56)80(68,81)105-81/h5-9,12-13,17-23,41-43,94-95H,1-4,10-11,14-16,24-27H2,(H,82,96)(H,83,97)(H,86,87)(H,88,89)(H,90,91)(H,92,93)(H,98,99)(H,100,101)(H,102,103)/p-4. The first kappa shape index (κ1) is 60.5. The third-order valence-electron chi connectivity index (χ3n) is 25.2. The normalized spacial score (nSPS) is 22.0. The van der Waals surface area contributed by atoms with Crippen LogP contribution in [-0.4, -0.2) is 146 Å². The van der Waals surface area contributed by atoms with E-state index in [1.807, 2.05) is 66.7 Å². The van der Waals surface area contributed by atoms with Gasteiger partial charge in [0.15, 0.2) is 11.2 Å². The predicted molar refractivity (Wildman–Crippen MR) is 372 cm³/mol. The fourth-order valence-electron chi connectivity index (χ4n) is 21.9. The van der Waals surface area contributed by atoms with Gasteiger partial charge in [-0.2, -0.15) is 0 Å². The number of phenolic OH excluding ortho intramolecular Hbond substituents is 2. The van der Waals surface area contributed by atoms with Gasteiger partial charge in [0.1, 0.15) is 22.7 Å². The second-order valence-electron chi connectivity index (χ2n) is 29.9. The Morgan fingerprint density at radius 2 is 1.04 bits per heavy atom. The molecule has 0 aromatic heterocycles. The van der Waals surface area contributed by atoms with E-state index in [0.717, 1.165) is 96.7 Å². The minimum Gasteiger partial charge on any atom is -0.549 e. The van der Waals surface area contributed by atoms with Gasteiger partial charge in [-0.1, -0.05) is 36.4 Å². The van der Waals surface area contributed by atoms with E-state index in [2.05, 4.69) is 22.8 Å². The fourth-order valence-corrected chi connectivity index (χ4v) is 21.9. The number of rotatable bonds is 25. The fraction of sp³-hybridized carbons (Fsp3) is 0.247. The quantitative estimate of drug-likeness (QED) is 0.0142. The van der Waals surface area contributed by atoms with E-state index in [0.29, 0.717) is 97.8 Å². The van der Waals surface area contributed by atoms with E-state index >= 15 is 9.59 Å². The number of carbonyl (C=O) groups excluding carboxylic acids is 6. The van der Waals surface area contributed by atoms with Gasteiger partial charge in [0.05, 0.1) is 60.2 Å². The number of unbranched alkanes of at least 4 members (excludes halogenated alkanes) is 2. The zero-order chi connectivity index (χ0) is 71.9. The molecule has 2 amide bonds. The number of carboxylic acids is 7. The number of hydrogen-bond donors (Lipinski definition) is 7. The zero-order valence-electron chi connectivity index (χ0n) is 54.8. The molecule has 13 aromatic carbocycles. The van der Waals surface area contributed by atoms with Gasteiger partial charge in [0, 0.05) is 115 Å². The summed E-state index contributed by atoms with van der Waals surface area (Å²) in [6.45, 7) is -3.87. The van der Waals surface area contributed by atoms with Crippen LogP contribution < -0.4 is 41.5 Å². The summed E-state index contributed by atoms with van der Waals surface area (Å²) in [5.74, 6) is -12.8. The van der Waals surface area contributed by atoms with Gasteiger partial charge < -0.3 is 85.2 Å². The molecule has 2 aliphatic heterocycles. The summed E-state index contributed by atoms with van der Waals surface area (Å²) < 4.78 is 15.6. The van der Waals surface area contributed by atoms with E-state index in [9.17, 15) is 79.5 Å². The molecule has 9 aliphatic rings. The monoisotopic (exact) mass is 1400 g/mol. The van der Waals surface area contributed by atoms with Crippen molar-refractivity contribution in [3.63, 3.8) is 0 Å². The number of nitrogens with one attached hydrogen (secondary N) is 2. The van der Waals surface area contributed by atoms with Crippen molar-refractivity contribution in [2.75, 3.05) is 39.3 Å². The van der Waals surface area contributed by atoms with E-state index in [1.54, 1.807) is 6.07 Å². The van der Waals surface area contributed by atoms with Crippen LogP contribution in [0.2, 0.25) is 0 Å². The van der Waals surface area contributed by atoms with Crippen molar-refractivity contribution in [3.05, 3.63) is 128 Å². The number of phenols is 2. The van der Waals surface area contributed by atoms with Gasteiger partial charge in [0.2, 0.25) is 0 Å². The number of hydrogen-bond acceptors (Lipinski definition) is 19. The minimum atomic E-state index is -1.69. The zero-order valence-corrected chi connectivity index (χ0v) is 54.8. The van der Waals surface area contributed by atoms with E-state index < -0.39 is 120 Å². The number of carbonyl (C=O) groups is 9. The van der Waals surface area contributed by atoms with E-state index in [-0.39, 0.29) is 79.8 Å². The van der Waals surface area contributed by atoms with Crippen molar-refractivity contribution < 1.29 is 98.6 Å². The maximum Gasteiger partial charge on any atom is 0.332 e. The summed E-state index contributed by atoms with van der Waals surface area (Å²) >= 11 is 0. The van der Waals surface area contributed by atoms with Crippen LogP contribution in [0, 0.1) is 5.92 Å². The van der Waals surface area contributed by atoms with Crippen LogP contribution in [0.1, 0.15) is 93.5 Å². The molecule has 3 spiro atoms. The number of aromatic hydroxyl groups is 2. The molecule has 7 unspecified atom stereocenters. The molecule has 22 rings (SSSR count). The summed E-state index contributed by atoms with van der Waals surface area (Å²) in [6, 6.07) is 17.6. The van der Waals surface area contributed by atoms with E-state index in [1.165, 1.54) is 0 Å². The van der Waals surface area contributed by atoms with Crippen LogP contribution in [0.15, 0.2) is 78.9 Å². The summed E-state index contributed by atoms with van der Waals surface area (Å²) in [4.78, 5) is 119. The van der Waals surface area contributed by atoms with Crippen molar-refractivity contribution in [2.45, 2.75) is 79.4 Å². The van der Waals surface area contributed by atoms with Crippen LogP contribution in [-0.2, 0) is 59.8 Å². The highest BCUT2D eigenvalue weighted by Crippen LogP contribution is 2.84. The average Bonchev–Trinajstić information content (AvgIpc) is 1.42. The average molecular weight is 1400 g/mol. The molecule has 2 saturated heterocycles. The lowest BCUT2D eigenvalue weighted by molar-refractivity contribution is -0.317. The lowest BCUT2D eigenvalue weighted by Gasteiger charge is -2.43. The lowest BCUT2D eigenvalue weighted by Crippen LogP contribution is -2.53. The van der Waals surface area contributed by atoms with Crippen LogP contribution >= 0.6 is 0 Å². The number of ether oxygens (including phenoxy) is 2. The Morgan fingerprint density at radius 3 is 1.69 bits per heavy atom. The van der Waals surface area contributed by atoms with Crippen LogP contribution in [0.25, 0.3) is 152 Å². The summed E-state index contributed by atoms with van der Waals surface area (Å²) in [6.07, 6.45) is 6.44. The van der Waals surface area contributed by atoms with Crippen molar-refractivity contribution in [1.82, 2.24) is 20.4 Å². The molecule has 24 nitrogen and oxygen atoms in total. The molecule has 105 heavy (non-hydrogen) atoms. The number of benzene rings is 13. The van der Waals surface area contributed by atoms with Gasteiger partial charge in [-0.25, -0.2) is 4.79 Å². The maximum atomic E-state index is 15.9. The largest absolute Gasteiger partial charge is 0.549 e. The number of carboxylic acid groups (broad SMARTS) is 7. The molecule has 2 heterocycles. The molecular weight excluding hydrogens is 1350 g/mol. The highest BCUT2D eigenvalue weighted by atomic mass is 16.6. The van der Waals surface area contributed by atoms with Crippen molar-refractivity contribution >= 4 is 205 Å². The highest BCUT2D eigenvalue weighted by molar-refractivity contribution is 6.50. The summed E-state index contributed by atoms with van der Waals surface area (Å²) in [5, 5.41) is 130. The number of epoxide rings is 2. The molecule has 2 fully saturated rings. The summed E-state index contributed by atoms with van der Waals surface area (Å²) in [5.41, 5.74) is -0.685. The molecule has 7 N–H and O–H groups in total. The molecule has 0 bridgehead atoms. The SMILES string of the molecule is O=C([O-])CN(CC(=O)O)C(CCCCNC(=O)c1c2cc3cc4c(C(=O)NCCCCC(C(=O)[O-])N(CC(=O)[O-])CC(=O)O)cc5cc6c7c8c9c(cc%10c(O)c%11ccc%12cc%13c(O)c%14cccc1c%14c1c%13c%13c%12c%11c%11c%10c9c9c%10c(c3c(c21)C%131OC%11%101)c4c5c79)=C(C(=O)O)C1C=CCC2(C=6)OC812)C(=O)[O-]. The smallest absolute Gasteiger partial charge is 0.332 e. The first-order chi connectivity index (χ1) is 50.5. The number of aliphatic carboxylic acids is 7. The van der Waals surface area contributed by atoms with Gasteiger partial charge in [-0.3, -0.25) is 29.0 Å². The van der Waals surface area contributed by atoms with E-state index in [4.69, 9.17) is 9.47 Å². The Morgan fingerprint density at radius 1 is 0.495 bits per heavy atom. The lowest BCUT2D eigenvalue weighted by atomic mass is 9.55. The first-order valence-corrected chi connectivity index (χ1v) is 34.8. The van der Waals surface area contributed by atoms with Crippen LogP contribution in [0.4, 0.5) is 0 Å². The topological polar surface area (TPSA) is 403 Å². The van der Waals surface area contributed by atoms with Gasteiger partial charge in [0.25, 0.3) is 11.8 Å². The Labute approximate surface area is 586 Å². The molecule has 518 valence electrons. The Bertz CT molecular complexity index is 6890. The van der Waals surface area contributed by atoms with Crippen LogP contribution in [0.5, 0.6) is 11.5 Å². The minimum absolute atomic E-state index is 0.0225. The molecule has 0 radical (unpaired) electrons. The third-order valence-corrected chi connectivity index (χ3v) is 25.2. The maximum absolute atomic E-state index is 15.9. The van der Waals surface area contributed by atoms with Gasteiger partial charge >= 0.3 is 17.9 Å². The van der Waals surface area contributed by atoms with Gasteiger partial charge in [-0.15, -0.1) is 0 Å².